The zero-order valence-electron chi connectivity index (χ0n) is 35.5. The fourth-order valence-corrected chi connectivity index (χ4v) is 18.6. The Kier molecular flexibility index (Phi) is 15.1. The van der Waals surface area contributed by atoms with E-state index in [2.05, 4.69) is 150 Å². The molecule has 9 heteroatoms. The van der Waals surface area contributed by atoms with E-state index in [1.54, 1.807) is 3.27 Å². The molecule has 0 heterocycles. The number of fused-ring (bicyclic) bond motifs is 3. The maximum absolute atomic E-state index is 6.63. The van der Waals surface area contributed by atoms with E-state index in [4.69, 9.17) is 69.6 Å². The predicted octanol–water partition coefficient (Wildman–Crippen LogP) is 9.54. The molecule has 0 aliphatic heterocycles. The van der Waals surface area contributed by atoms with Crippen molar-refractivity contribution < 1.29 is 46.1 Å². The molecule has 4 aromatic carbocycles. The van der Waals surface area contributed by atoms with Crippen molar-refractivity contribution in [2.24, 2.45) is 0 Å². The molecule has 0 unspecified atom stereocenters. The van der Waals surface area contributed by atoms with Crippen LogP contribution in [0, 0.1) is 0 Å². The first kappa shape index (κ1) is 50.1. The minimum atomic E-state index is -3.31. The van der Waals surface area contributed by atoms with Gasteiger partial charge in [0.15, 0.2) is 0 Å². The summed E-state index contributed by atoms with van der Waals surface area (Å²) in [5.74, 6) is 0. The van der Waals surface area contributed by atoms with Crippen LogP contribution >= 0.6 is 69.6 Å². The van der Waals surface area contributed by atoms with Crippen molar-refractivity contribution in [2.45, 2.75) is 122 Å². The van der Waals surface area contributed by atoms with Gasteiger partial charge in [0.1, 0.15) is 0 Å². The largest absolute Gasteiger partial charge is 1.00 e. The third kappa shape index (κ3) is 10.3. The summed E-state index contributed by atoms with van der Waals surface area (Å²) in [6.07, 6.45) is 10.1. The van der Waals surface area contributed by atoms with Gasteiger partial charge >= 0.3 is 378 Å². The van der Waals surface area contributed by atoms with Crippen LogP contribution in [0.4, 0.5) is 0 Å². The average molecular weight is 1020 g/mol. The van der Waals surface area contributed by atoms with Gasteiger partial charge in [-0.1, -0.05) is 0 Å². The van der Waals surface area contributed by atoms with E-state index in [1.807, 2.05) is 24.3 Å². The molecule has 6 rings (SSSR count). The van der Waals surface area contributed by atoms with E-state index in [0.29, 0.717) is 11.1 Å². The Labute approximate surface area is 398 Å². The van der Waals surface area contributed by atoms with Gasteiger partial charge in [-0.25, -0.2) is 0 Å². The minimum absolute atomic E-state index is 0. The summed E-state index contributed by atoms with van der Waals surface area (Å²) < 4.78 is -0.166. The molecule has 2 aliphatic carbocycles. The maximum Gasteiger partial charge on any atom is -1.00 e. The van der Waals surface area contributed by atoms with Crippen LogP contribution in [0.2, 0.25) is 3.63 Å². The van der Waals surface area contributed by atoms with E-state index in [-0.39, 0.29) is 50.1 Å². The number of rotatable bonds is 4. The fourth-order valence-electron chi connectivity index (χ4n) is 8.55. The molecule has 0 fully saturated rings. The quantitative estimate of drug-likeness (QED) is 0.158. The molecule has 310 valence electrons. The molecule has 0 saturated carbocycles. The van der Waals surface area contributed by atoms with E-state index in [9.17, 15) is 0 Å². The van der Waals surface area contributed by atoms with Gasteiger partial charge in [0.2, 0.25) is 0 Å². The maximum atomic E-state index is 6.63. The van der Waals surface area contributed by atoms with Crippen LogP contribution in [0.3, 0.4) is 0 Å². The summed E-state index contributed by atoms with van der Waals surface area (Å²) >= 11 is 36.5. The minimum Gasteiger partial charge on any atom is -1.00 e. The fraction of sp³-hybridized carbons (Fsp3) is 0.408. The molecule has 4 aromatic rings. The molecule has 0 aromatic heterocycles. The average Bonchev–Trinajstić information content (AvgIpc) is 3.72. The molecule has 0 bridgehead atoms. The molecule has 2 aliphatic rings. The number of alkyl halides is 6. The summed E-state index contributed by atoms with van der Waals surface area (Å²) in [5.41, 5.74) is 14.3. The SMILES string of the molecule is CC(C)(C)c1cc2c(cc1C(C)(C)C)-c1cc(C(C)(C)C)c(C(C)(C)C)[c]([Zr+2](=[C](c3cccc(C(Cl)(Cl)Cl)c3)c3cccc(C(Cl)(Cl)Cl)c3)[CH]3C=CC=C3)c1C2.[Cl-].[Cl-]. The van der Waals surface area contributed by atoms with Crippen LogP contribution in [0.1, 0.15) is 139 Å². The molecular formula is C49H54Cl8Zr. The monoisotopic (exact) mass is 1010 g/mol. The molecule has 0 spiro atoms. The Morgan fingerprint density at radius 2 is 0.966 bits per heavy atom. The normalized spacial score (nSPS) is 14.4. The standard InChI is InChI=1S/C29H41.C15H8Cl6.C5H5.2ClH.Zr/c1-26(2,3)22-14-18-13-19-15-23(27(4,5)6)25(29(10,11)12)17-21(19)20(18)16-24(22)28(7,8)9;16-14(17,18)12-5-1-3-10(8-12)7-11-4-2-6-13(9-11)15(19,20)21;1-2-4-5-3-1;;;/h14,16-17H,13H2,1-12H3;1-6,8-9H;1-5H;2*1H;/q;;;;;+2/p-2. The van der Waals surface area contributed by atoms with Crippen LogP contribution in [0.25, 0.3) is 11.1 Å². The van der Waals surface area contributed by atoms with Crippen molar-refractivity contribution in [2.75, 3.05) is 0 Å². The summed E-state index contributed by atoms with van der Waals surface area (Å²) in [4.78, 5) is 0. The van der Waals surface area contributed by atoms with Crippen LogP contribution in [-0.2, 0) is 56.9 Å². The van der Waals surface area contributed by atoms with Gasteiger partial charge in [-0.2, -0.15) is 0 Å². The summed E-state index contributed by atoms with van der Waals surface area (Å²) in [6, 6.07) is 23.9. The van der Waals surface area contributed by atoms with Gasteiger partial charge in [0, 0.05) is 0 Å². The topological polar surface area (TPSA) is 0 Å². The Balaban J connectivity index is 0.00000372. The van der Waals surface area contributed by atoms with Crippen LogP contribution in [-0.4, -0.2) is 3.21 Å². The van der Waals surface area contributed by atoms with Crippen molar-refractivity contribution in [3.05, 3.63) is 147 Å². The zero-order valence-corrected chi connectivity index (χ0v) is 44.0. The van der Waals surface area contributed by atoms with E-state index >= 15 is 0 Å². The van der Waals surface area contributed by atoms with E-state index in [1.165, 1.54) is 47.7 Å². The first-order valence-corrected chi connectivity index (χ1v) is 25.6. The van der Waals surface area contributed by atoms with Crippen LogP contribution in [0.5, 0.6) is 0 Å². The Morgan fingerprint density at radius 1 is 0.534 bits per heavy atom. The molecule has 0 N–H and O–H groups in total. The molecule has 0 radical (unpaired) electrons. The van der Waals surface area contributed by atoms with Crippen molar-refractivity contribution in [3.63, 3.8) is 0 Å². The second kappa shape index (κ2) is 17.5. The molecule has 0 nitrogen and oxygen atoms in total. The molecule has 0 atom stereocenters. The van der Waals surface area contributed by atoms with Gasteiger partial charge in [-0.15, -0.1) is 0 Å². The summed E-state index contributed by atoms with van der Waals surface area (Å²) in [7, 11) is 0. The second-order valence-corrected chi connectivity index (χ2v) is 30.4. The first-order chi connectivity index (χ1) is 25.6. The van der Waals surface area contributed by atoms with Gasteiger partial charge in [0.05, 0.1) is 0 Å². The van der Waals surface area contributed by atoms with Crippen molar-refractivity contribution in [1.82, 2.24) is 0 Å². The summed E-state index contributed by atoms with van der Waals surface area (Å²) in [5, 5.41) is 0. The number of hydrogen-bond acceptors (Lipinski definition) is 0. The predicted molar refractivity (Wildman–Crippen MR) is 246 cm³/mol. The number of allylic oxidation sites excluding steroid dienone is 4. The van der Waals surface area contributed by atoms with Crippen molar-refractivity contribution in [3.8, 4) is 11.1 Å². The molecule has 0 saturated heterocycles. The zero-order chi connectivity index (χ0) is 41.6. The van der Waals surface area contributed by atoms with Crippen molar-refractivity contribution in [1.29, 1.82) is 0 Å². The number of halogens is 8. The van der Waals surface area contributed by atoms with Gasteiger partial charge in [0.25, 0.3) is 0 Å². The van der Waals surface area contributed by atoms with Gasteiger partial charge < -0.3 is 24.8 Å². The third-order valence-corrected chi connectivity index (χ3v) is 20.4. The number of hydrogen-bond donors (Lipinski definition) is 0. The molecule has 0 amide bonds. The van der Waals surface area contributed by atoms with Gasteiger partial charge in [-0.05, 0) is 0 Å². The van der Waals surface area contributed by atoms with Crippen molar-refractivity contribution >= 4 is 76.1 Å². The number of benzene rings is 4. The molecule has 58 heavy (non-hydrogen) atoms. The molecular weight excluding hydrogens is 963 g/mol. The Hall–Kier alpha value is -0.567. The smallest absolute Gasteiger partial charge is 1.00 e. The third-order valence-electron chi connectivity index (χ3n) is 11.1. The van der Waals surface area contributed by atoms with E-state index < -0.39 is 28.9 Å². The van der Waals surface area contributed by atoms with Crippen LogP contribution in [0.15, 0.2) is 91.0 Å². The van der Waals surface area contributed by atoms with E-state index in [0.717, 1.165) is 17.5 Å². The Bertz CT molecular complexity index is 2220. The summed E-state index contributed by atoms with van der Waals surface area (Å²) in [6.45, 7) is 28.3. The Morgan fingerprint density at radius 3 is 1.38 bits per heavy atom. The second-order valence-electron chi connectivity index (χ2n) is 19.7. The van der Waals surface area contributed by atoms with Crippen LogP contribution < -0.4 is 28.1 Å². The first-order valence-electron chi connectivity index (χ1n) is 19.4. The van der Waals surface area contributed by atoms with Gasteiger partial charge in [-0.3, -0.25) is 0 Å².